The predicted octanol–water partition coefficient (Wildman–Crippen LogP) is 2.17. The van der Waals surface area contributed by atoms with E-state index in [1.165, 1.54) is 13.3 Å². The zero-order valence-corrected chi connectivity index (χ0v) is 9.84. The Kier molecular flexibility index (Phi) is 4.80. The number of hydrogen-bond acceptors (Lipinski definition) is 4. The van der Waals surface area contributed by atoms with Crippen LogP contribution in [0, 0.1) is 0 Å². The molecule has 0 radical (unpaired) electrons. The number of nitrogens with one attached hydrogen (secondary N) is 1. The van der Waals surface area contributed by atoms with Crippen molar-refractivity contribution in [1.82, 2.24) is 10.3 Å². The summed E-state index contributed by atoms with van der Waals surface area (Å²) >= 11 is 0. The van der Waals surface area contributed by atoms with E-state index in [0.29, 0.717) is 12.2 Å². The molecule has 0 saturated carbocycles. The van der Waals surface area contributed by atoms with Crippen LogP contribution in [0.25, 0.3) is 0 Å². The molecule has 17 heavy (non-hydrogen) atoms. The molecule has 4 nitrogen and oxygen atoms in total. The van der Waals surface area contributed by atoms with E-state index in [2.05, 4.69) is 10.3 Å². The third kappa shape index (κ3) is 5.08. The minimum atomic E-state index is -4.26. The first-order chi connectivity index (χ1) is 7.92. The number of hydrogen-bond donors (Lipinski definition) is 1. The van der Waals surface area contributed by atoms with Crippen LogP contribution >= 0.6 is 0 Å². The SMILES string of the molecule is CCCNCc1coc(N(C)CC(F)(F)F)n1. The van der Waals surface area contributed by atoms with Crippen LogP contribution in [0.2, 0.25) is 0 Å². The van der Waals surface area contributed by atoms with E-state index >= 15 is 0 Å². The smallest absolute Gasteiger partial charge is 0.406 e. The summed E-state index contributed by atoms with van der Waals surface area (Å²) in [6, 6.07) is -0.0179. The molecule has 1 aromatic heterocycles. The van der Waals surface area contributed by atoms with Crippen molar-refractivity contribution >= 4 is 6.01 Å². The highest BCUT2D eigenvalue weighted by Crippen LogP contribution is 2.20. The topological polar surface area (TPSA) is 41.3 Å². The molecule has 0 saturated heterocycles. The molecule has 0 bridgehead atoms. The molecule has 1 N–H and O–H groups in total. The predicted molar refractivity (Wildman–Crippen MR) is 57.8 cm³/mol. The van der Waals surface area contributed by atoms with Crippen molar-refractivity contribution in [3.05, 3.63) is 12.0 Å². The lowest BCUT2D eigenvalue weighted by Crippen LogP contribution is -2.31. The van der Waals surface area contributed by atoms with Crippen molar-refractivity contribution in [3.8, 4) is 0 Å². The van der Waals surface area contributed by atoms with Gasteiger partial charge in [-0.05, 0) is 13.0 Å². The van der Waals surface area contributed by atoms with Gasteiger partial charge < -0.3 is 14.6 Å². The molecule has 1 aromatic rings. The fourth-order valence-electron chi connectivity index (χ4n) is 1.28. The molecule has 0 aromatic carbocycles. The van der Waals surface area contributed by atoms with Gasteiger partial charge >= 0.3 is 6.18 Å². The summed E-state index contributed by atoms with van der Waals surface area (Å²) in [4.78, 5) is 4.90. The highest BCUT2D eigenvalue weighted by molar-refractivity contribution is 5.25. The largest absolute Gasteiger partial charge is 0.432 e. The summed E-state index contributed by atoms with van der Waals surface area (Å²) in [6.45, 7) is 2.28. The summed E-state index contributed by atoms with van der Waals surface area (Å²) in [5.74, 6) is 0. The van der Waals surface area contributed by atoms with Crippen LogP contribution < -0.4 is 10.2 Å². The van der Waals surface area contributed by atoms with Crippen LogP contribution in [0.1, 0.15) is 19.0 Å². The van der Waals surface area contributed by atoms with Crippen LogP contribution in [0.4, 0.5) is 19.2 Å². The standard InChI is InChI=1S/C10H16F3N3O/c1-3-4-14-5-8-6-17-9(15-8)16(2)7-10(11,12)13/h6,14H,3-5,7H2,1-2H3. The molecule has 0 aliphatic carbocycles. The molecule has 7 heteroatoms. The fraction of sp³-hybridized carbons (Fsp3) is 0.700. The van der Waals surface area contributed by atoms with Crippen LogP contribution in [0.5, 0.6) is 0 Å². The molecule has 0 amide bonds. The molecule has 0 aliphatic heterocycles. The van der Waals surface area contributed by atoms with Gasteiger partial charge in [0.2, 0.25) is 0 Å². The van der Waals surface area contributed by atoms with E-state index in [0.717, 1.165) is 17.9 Å². The van der Waals surface area contributed by atoms with Gasteiger partial charge in [0.15, 0.2) is 0 Å². The van der Waals surface area contributed by atoms with Crippen molar-refractivity contribution in [1.29, 1.82) is 0 Å². The zero-order chi connectivity index (χ0) is 12.9. The first kappa shape index (κ1) is 13.8. The maximum atomic E-state index is 12.1. The minimum absolute atomic E-state index is 0.0179. The average Bonchev–Trinajstić information content (AvgIpc) is 2.64. The Morgan fingerprint density at radius 1 is 1.47 bits per heavy atom. The quantitative estimate of drug-likeness (QED) is 0.787. The maximum absolute atomic E-state index is 12.1. The number of nitrogens with zero attached hydrogens (tertiary/aromatic N) is 2. The van der Waals surface area contributed by atoms with Gasteiger partial charge in [-0.25, -0.2) is 0 Å². The Morgan fingerprint density at radius 3 is 2.76 bits per heavy atom. The highest BCUT2D eigenvalue weighted by Gasteiger charge is 2.30. The second-order valence-corrected chi connectivity index (χ2v) is 3.77. The number of alkyl halides is 3. The number of halogens is 3. The molecular formula is C10H16F3N3O. The van der Waals surface area contributed by atoms with Gasteiger partial charge in [-0.3, -0.25) is 0 Å². The second-order valence-electron chi connectivity index (χ2n) is 3.77. The van der Waals surface area contributed by atoms with Crippen LogP contribution in [-0.4, -0.2) is 31.3 Å². The Bertz CT molecular complexity index is 338. The van der Waals surface area contributed by atoms with E-state index in [9.17, 15) is 13.2 Å². The minimum Gasteiger partial charge on any atom is -0.432 e. The first-order valence-electron chi connectivity index (χ1n) is 5.35. The fourth-order valence-corrected chi connectivity index (χ4v) is 1.28. The summed E-state index contributed by atoms with van der Waals surface area (Å²) in [5, 5.41) is 3.09. The van der Waals surface area contributed by atoms with E-state index in [1.54, 1.807) is 0 Å². The molecular weight excluding hydrogens is 235 g/mol. The second kappa shape index (κ2) is 5.90. The maximum Gasteiger partial charge on any atom is 0.406 e. The third-order valence-electron chi connectivity index (χ3n) is 2.02. The van der Waals surface area contributed by atoms with Crippen molar-refractivity contribution in [3.63, 3.8) is 0 Å². The van der Waals surface area contributed by atoms with Gasteiger partial charge in [0.25, 0.3) is 6.01 Å². The monoisotopic (exact) mass is 251 g/mol. The van der Waals surface area contributed by atoms with Crippen LogP contribution in [-0.2, 0) is 6.54 Å². The third-order valence-corrected chi connectivity index (χ3v) is 2.02. The molecule has 0 aliphatic rings. The summed E-state index contributed by atoms with van der Waals surface area (Å²) in [6.07, 6.45) is -1.91. The number of oxazole rings is 1. The molecule has 0 unspecified atom stereocenters. The molecule has 1 rings (SSSR count). The normalized spacial score (nSPS) is 11.8. The first-order valence-corrected chi connectivity index (χ1v) is 5.35. The van der Waals surface area contributed by atoms with Crippen LogP contribution in [0.3, 0.4) is 0 Å². The van der Waals surface area contributed by atoms with Crippen molar-refractivity contribution in [2.24, 2.45) is 0 Å². The van der Waals surface area contributed by atoms with Gasteiger partial charge in [0.05, 0.1) is 5.69 Å². The molecule has 0 spiro atoms. The Morgan fingerprint density at radius 2 is 2.18 bits per heavy atom. The highest BCUT2D eigenvalue weighted by atomic mass is 19.4. The lowest BCUT2D eigenvalue weighted by atomic mass is 10.4. The van der Waals surface area contributed by atoms with Crippen molar-refractivity contribution in [2.45, 2.75) is 26.1 Å². The van der Waals surface area contributed by atoms with Gasteiger partial charge in [-0.15, -0.1) is 0 Å². The van der Waals surface area contributed by atoms with Gasteiger partial charge in [-0.1, -0.05) is 6.92 Å². The number of rotatable bonds is 6. The number of anilines is 1. The summed E-state index contributed by atoms with van der Waals surface area (Å²) in [5.41, 5.74) is 0.600. The van der Waals surface area contributed by atoms with Crippen LogP contribution in [0.15, 0.2) is 10.7 Å². The van der Waals surface area contributed by atoms with Gasteiger partial charge in [0, 0.05) is 13.6 Å². The Hall–Kier alpha value is -1.24. The molecule has 1 heterocycles. The van der Waals surface area contributed by atoms with Crippen molar-refractivity contribution in [2.75, 3.05) is 25.0 Å². The zero-order valence-electron chi connectivity index (χ0n) is 9.84. The van der Waals surface area contributed by atoms with Crippen molar-refractivity contribution < 1.29 is 17.6 Å². The summed E-state index contributed by atoms with van der Waals surface area (Å²) in [7, 11) is 1.29. The lowest BCUT2D eigenvalue weighted by molar-refractivity contribution is -0.119. The average molecular weight is 251 g/mol. The van der Waals surface area contributed by atoms with Gasteiger partial charge in [0.1, 0.15) is 12.8 Å². The van der Waals surface area contributed by atoms with Gasteiger partial charge in [-0.2, -0.15) is 18.2 Å². The van der Waals surface area contributed by atoms with E-state index < -0.39 is 12.7 Å². The molecule has 98 valence electrons. The van der Waals surface area contributed by atoms with E-state index in [-0.39, 0.29) is 6.01 Å². The summed E-state index contributed by atoms with van der Waals surface area (Å²) < 4.78 is 41.3. The van der Waals surface area contributed by atoms with E-state index in [1.807, 2.05) is 6.92 Å². The Labute approximate surface area is 97.8 Å². The Balaban J connectivity index is 2.49. The van der Waals surface area contributed by atoms with E-state index in [4.69, 9.17) is 4.42 Å². The molecule has 0 atom stereocenters. The lowest BCUT2D eigenvalue weighted by Gasteiger charge is -2.16. The molecule has 0 fully saturated rings. The number of aromatic nitrogens is 1.